The molecule has 90 valence electrons. The Morgan fingerprint density at radius 2 is 1.56 bits per heavy atom. The van der Waals surface area contributed by atoms with Crippen LogP contribution in [0.15, 0.2) is 24.3 Å². The molecular weight excluding hydrogens is 206 g/mol. The highest BCUT2D eigenvalue weighted by molar-refractivity contribution is 5.30. The number of methoxy groups -OCH3 is 2. The maximum absolute atomic E-state index is 5.56. The van der Waals surface area contributed by atoms with E-state index in [-0.39, 0.29) is 0 Å². The Bertz CT molecular complexity index is 274. The van der Waals surface area contributed by atoms with Gasteiger partial charge in [0, 0.05) is 7.11 Å². The topological polar surface area (TPSA) is 44.3 Å². The first-order valence-electron chi connectivity index (χ1n) is 5.44. The first-order chi connectivity index (χ1) is 7.86. The van der Waals surface area contributed by atoms with Crippen LogP contribution in [0, 0.1) is 0 Å². The van der Waals surface area contributed by atoms with Crippen LogP contribution in [0.4, 0.5) is 0 Å². The smallest absolute Gasteiger partial charge is 0.137 e. The van der Waals surface area contributed by atoms with E-state index in [2.05, 4.69) is 5.32 Å². The van der Waals surface area contributed by atoms with Gasteiger partial charge in [0.2, 0.25) is 0 Å². The molecule has 0 heterocycles. The predicted molar refractivity (Wildman–Crippen MR) is 62.0 cm³/mol. The third kappa shape index (κ3) is 5.00. The Hall–Kier alpha value is -1.26. The number of hydrogen-bond acceptors (Lipinski definition) is 3. The summed E-state index contributed by atoms with van der Waals surface area (Å²) in [5.41, 5.74) is 0. The molecule has 0 atom stereocenters. The van der Waals surface area contributed by atoms with Gasteiger partial charge in [-0.2, -0.15) is 0 Å². The summed E-state index contributed by atoms with van der Waals surface area (Å²) in [7, 11) is 3.36. The number of quaternary nitrogens is 1. The number of ether oxygens (including phenoxy) is 3. The second kappa shape index (κ2) is 7.96. The van der Waals surface area contributed by atoms with Crippen molar-refractivity contribution in [2.45, 2.75) is 0 Å². The van der Waals surface area contributed by atoms with Crippen molar-refractivity contribution in [3.63, 3.8) is 0 Å². The fourth-order valence-electron chi connectivity index (χ4n) is 1.28. The van der Waals surface area contributed by atoms with E-state index < -0.39 is 0 Å². The van der Waals surface area contributed by atoms with Crippen LogP contribution in [0.1, 0.15) is 0 Å². The van der Waals surface area contributed by atoms with Gasteiger partial charge in [0.05, 0.1) is 20.3 Å². The molecular formula is C12H20NO3+. The van der Waals surface area contributed by atoms with Crippen LogP contribution in [0.3, 0.4) is 0 Å². The third-order valence-electron chi connectivity index (χ3n) is 2.18. The number of nitrogens with two attached hydrogens (primary N) is 1. The molecule has 0 fully saturated rings. The van der Waals surface area contributed by atoms with Crippen molar-refractivity contribution in [3.05, 3.63) is 24.3 Å². The van der Waals surface area contributed by atoms with Gasteiger partial charge in [-0.1, -0.05) is 0 Å². The molecule has 0 radical (unpaired) electrons. The Kier molecular flexibility index (Phi) is 6.37. The first kappa shape index (κ1) is 12.8. The summed E-state index contributed by atoms with van der Waals surface area (Å²) in [4.78, 5) is 0. The summed E-state index contributed by atoms with van der Waals surface area (Å²) in [5, 5.41) is 2.17. The lowest BCUT2D eigenvalue weighted by atomic mass is 10.3. The lowest BCUT2D eigenvalue weighted by molar-refractivity contribution is -0.656. The molecule has 2 N–H and O–H groups in total. The van der Waals surface area contributed by atoms with Crippen molar-refractivity contribution in [1.82, 2.24) is 0 Å². The Labute approximate surface area is 96.5 Å². The molecule has 0 aliphatic carbocycles. The zero-order chi connectivity index (χ0) is 11.6. The van der Waals surface area contributed by atoms with Gasteiger partial charge >= 0.3 is 0 Å². The van der Waals surface area contributed by atoms with Gasteiger partial charge in [0.15, 0.2) is 0 Å². The molecule has 0 bridgehead atoms. The second-order valence-corrected chi connectivity index (χ2v) is 3.38. The van der Waals surface area contributed by atoms with Gasteiger partial charge in [-0.3, -0.25) is 0 Å². The van der Waals surface area contributed by atoms with Crippen LogP contribution >= 0.6 is 0 Å². The van der Waals surface area contributed by atoms with Crippen molar-refractivity contribution in [3.8, 4) is 11.5 Å². The Morgan fingerprint density at radius 1 is 0.938 bits per heavy atom. The fourth-order valence-corrected chi connectivity index (χ4v) is 1.28. The van der Waals surface area contributed by atoms with E-state index in [4.69, 9.17) is 14.2 Å². The highest BCUT2D eigenvalue weighted by Gasteiger charge is 1.96. The molecule has 0 unspecified atom stereocenters. The zero-order valence-corrected chi connectivity index (χ0v) is 9.94. The highest BCUT2D eigenvalue weighted by atomic mass is 16.5. The van der Waals surface area contributed by atoms with Crippen molar-refractivity contribution >= 4 is 0 Å². The van der Waals surface area contributed by atoms with Gasteiger partial charge in [0.1, 0.15) is 24.7 Å². The van der Waals surface area contributed by atoms with E-state index >= 15 is 0 Å². The number of hydrogen-bond donors (Lipinski definition) is 1. The highest BCUT2D eigenvalue weighted by Crippen LogP contribution is 2.16. The summed E-state index contributed by atoms with van der Waals surface area (Å²) in [6.45, 7) is 3.40. The van der Waals surface area contributed by atoms with Crippen LogP contribution in [-0.2, 0) is 4.74 Å². The van der Waals surface area contributed by atoms with Gasteiger partial charge in [-0.15, -0.1) is 0 Å². The largest absolute Gasteiger partial charge is 0.497 e. The van der Waals surface area contributed by atoms with Crippen LogP contribution in [0.2, 0.25) is 0 Å². The normalized spacial score (nSPS) is 10.1. The van der Waals surface area contributed by atoms with Gasteiger partial charge < -0.3 is 19.5 Å². The summed E-state index contributed by atoms with van der Waals surface area (Å²) in [6, 6.07) is 7.61. The molecule has 0 aromatic heterocycles. The van der Waals surface area contributed by atoms with Crippen LogP contribution < -0.4 is 14.8 Å². The van der Waals surface area contributed by atoms with Crippen molar-refractivity contribution in [2.75, 3.05) is 40.5 Å². The monoisotopic (exact) mass is 226 g/mol. The Balaban J connectivity index is 2.12. The van der Waals surface area contributed by atoms with E-state index in [1.807, 2.05) is 24.3 Å². The Morgan fingerprint density at radius 3 is 2.19 bits per heavy atom. The van der Waals surface area contributed by atoms with Crippen molar-refractivity contribution in [1.29, 1.82) is 0 Å². The molecule has 1 aromatic carbocycles. The molecule has 0 amide bonds. The molecule has 16 heavy (non-hydrogen) atoms. The molecule has 0 spiro atoms. The SMILES string of the molecule is COCC[NH2+]CCOc1ccc(OC)cc1. The van der Waals surface area contributed by atoms with E-state index in [9.17, 15) is 0 Å². The third-order valence-corrected chi connectivity index (χ3v) is 2.18. The summed E-state index contributed by atoms with van der Waals surface area (Å²) in [5.74, 6) is 1.72. The van der Waals surface area contributed by atoms with E-state index in [1.165, 1.54) is 0 Å². The average Bonchev–Trinajstić information content (AvgIpc) is 2.34. The summed E-state index contributed by atoms with van der Waals surface area (Å²) >= 11 is 0. The average molecular weight is 226 g/mol. The number of rotatable bonds is 8. The molecule has 0 saturated heterocycles. The van der Waals surface area contributed by atoms with Crippen LogP contribution in [-0.4, -0.2) is 40.5 Å². The molecule has 1 rings (SSSR count). The quantitative estimate of drug-likeness (QED) is 0.648. The van der Waals surface area contributed by atoms with E-state index in [0.717, 1.165) is 31.2 Å². The summed E-state index contributed by atoms with van der Waals surface area (Å²) in [6.07, 6.45) is 0. The predicted octanol–water partition coefficient (Wildman–Crippen LogP) is 0.284. The van der Waals surface area contributed by atoms with Crippen molar-refractivity contribution in [2.24, 2.45) is 0 Å². The van der Waals surface area contributed by atoms with Crippen LogP contribution in [0.25, 0.3) is 0 Å². The minimum Gasteiger partial charge on any atom is -0.497 e. The molecule has 0 aliphatic rings. The van der Waals surface area contributed by atoms with Gasteiger partial charge in [0.25, 0.3) is 0 Å². The molecule has 0 saturated carbocycles. The summed E-state index contributed by atoms with van der Waals surface area (Å²) < 4.78 is 15.6. The first-order valence-corrected chi connectivity index (χ1v) is 5.44. The van der Waals surface area contributed by atoms with Crippen LogP contribution in [0.5, 0.6) is 11.5 Å². The minimum atomic E-state index is 0.704. The van der Waals surface area contributed by atoms with Gasteiger partial charge in [-0.05, 0) is 24.3 Å². The second-order valence-electron chi connectivity index (χ2n) is 3.38. The van der Waals surface area contributed by atoms with E-state index in [0.29, 0.717) is 6.61 Å². The molecule has 4 heteroatoms. The maximum atomic E-state index is 5.56. The fraction of sp³-hybridized carbons (Fsp3) is 0.500. The van der Waals surface area contributed by atoms with E-state index in [1.54, 1.807) is 14.2 Å². The standard InChI is InChI=1S/C12H19NO3/c1-14-9-7-13-8-10-16-12-5-3-11(15-2)4-6-12/h3-6,13H,7-10H2,1-2H3/p+1. The van der Waals surface area contributed by atoms with Gasteiger partial charge in [-0.25, -0.2) is 0 Å². The molecule has 0 aliphatic heterocycles. The maximum Gasteiger partial charge on any atom is 0.137 e. The lowest BCUT2D eigenvalue weighted by Gasteiger charge is -2.06. The zero-order valence-electron chi connectivity index (χ0n) is 9.94. The molecule has 1 aromatic rings. The minimum absolute atomic E-state index is 0.704. The number of benzene rings is 1. The van der Waals surface area contributed by atoms with Crippen molar-refractivity contribution < 1.29 is 19.5 Å². The lowest BCUT2D eigenvalue weighted by Crippen LogP contribution is -2.86. The molecule has 4 nitrogen and oxygen atoms in total.